The molecule has 1 aliphatic rings. The second-order valence-electron chi connectivity index (χ2n) is 6.46. The fourth-order valence-electron chi connectivity index (χ4n) is 3.04. The number of nitriles is 1. The molecule has 0 aliphatic carbocycles. The molecule has 0 amide bonds. The van der Waals surface area contributed by atoms with Gasteiger partial charge in [-0.2, -0.15) is 5.26 Å². The minimum absolute atomic E-state index is 0.0197. The van der Waals surface area contributed by atoms with E-state index in [0.29, 0.717) is 29.2 Å². The monoisotopic (exact) mass is 384 g/mol. The molecule has 0 spiro atoms. The van der Waals surface area contributed by atoms with Crippen molar-refractivity contribution in [3.8, 4) is 6.07 Å². The number of fused-ring (bicyclic) bond motifs is 1. The smallest absolute Gasteiger partial charge is 0.262 e. The molecule has 0 bridgehead atoms. The van der Waals surface area contributed by atoms with Gasteiger partial charge in [0.05, 0.1) is 35.4 Å². The average Bonchev–Trinajstić information content (AvgIpc) is 3.16. The van der Waals surface area contributed by atoms with Crippen molar-refractivity contribution in [2.45, 2.75) is 37.6 Å². The summed E-state index contributed by atoms with van der Waals surface area (Å²) in [6.45, 7) is 2.51. The highest BCUT2D eigenvalue weighted by molar-refractivity contribution is 7.99. The van der Waals surface area contributed by atoms with Crippen LogP contribution in [0.15, 0.2) is 34.2 Å². The van der Waals surface area contributed by atoms with Crippen LogP contribution < -0.4 is 5.56 Å². The van der Waals surface area contributed by atoms with Gasteiger partial charge in [-0.3, -0.25) is 14.2 Å². The Bertz CT molecular complexity index is 973. The first-order chi connectivity index (χ1) is 13.0. The quantitative estimate of drug-likeness (QED) is 0.446. The average molecular weight is 384 g/mol. The number of Topliss-reactive ketones (excluding diaryl/α,β-unsaturated/α-hetero) is 1. The van der Waals surface area contributed by atoms with E-state index in [-0.39, 0.29) is 28.9 Å². The van der Waals surface area contributed by atoms with E-state index in [9.17, 15) is 9.59 Å². The number of benzene rings is 1. The Labute approximate surface area is 160 Å². The Kier molecular flexibility index (Phi) is 6.04. The van der Waals surface area contributed by atoms with Gasteiger partial charge in [-0.1, -0.05) is 23.9 Å². The summed E-state index contributed by atoms with van der Waals surface area (Å²) < 4.78 is 7.22. The van der Waals surface area contributed by atoms with Crippen molar-refractivity contribution >= 4 is 34.2 Å². The predicted molar refractivity (Wildman–Crippen MR) is 103 cm³/mol. The van der Waals surface area contributed by atoms with Crippen LogP contribution in [0.5, 0.6) is 0 Å². The highest BCUT2D eigenvalue weighted by Crippen LogP contribution is 2.22. The van der Waals surface area contributed by atoms with Gasteiger partial charge in [-0.25, -0.2) is 4.98 Å². The summed E-state index contributed by atoms with van der Waals surface area (Å²) in [6, 6.07) is 8.96. The third-order valence-electron chi connectivity index (χ3n) is 4.46. The van der Waals surface area contributed by atoms with Crippen LogP contribution in [0, 0.1) is 22.7 Å². The maximum atomic E-state index is 13.0. The lowest BCUT2D eigenvalue weighted by atomic mass is 10.0. The van der Waals surface area contributed by atoms with Crippen molar-refractivity contribution in [1.29, 1.82) is 10.7 Å². The molecule has 8 heteroatoms. The van der Waals surface area contributed by atoms with Crippen LogP contribution in [0.4, 0.5) is 0 Å². The molecule has 2 heterocycles. The SMILES string of the molecule is CC(=N)C(C#N)C(=O)CSc1nc2ccccc2c(=O)n1C[C@H]1CCCO1. The second-order valence-corrected chi connectivity index (χ2v) is 7.40. The largest absolute Gasteiger partial charge is 0.376 e. The molecule has 1 aromatic heterocycles. The van der Waals surface area contributed by atoms with Crippen molar-refractivity contribution in [1.82, 2.24) is 9.55 Å². The van der Waals surface area contributed by atoms with E-state index in [1.165, 1.54) is 6.92 Å². The Morgan fingerprint density at radius 3 is 2.96 bits per heavy atom. The number of rotatable bonds is 7. The molecule has 1 unspecified atom stereocenters. The number of aromatic nitrogens is 2. The molecule has 0 saturated carbocycles. The summed E-state index contributed by atoms with van der Waals surface area (Å²) in [6.07, 6.45) is 1.80. The normalized spacial score (nSPS) is 17.6. The Balaban J connectivity index is 1.92. The van der Waals surface area contributed by atoms with E-state index in [2.05, 4.69) is 4.98 Å². The lowest BCUT2D eigenvalue weighted by molar-refractivity contribution is -0.117. The number of hydrogen-bond donors (Lipinski definition) is 1. The van der Waals surface area contributed by atoms with Gasteiger partial charge >= 0.3 is 0 Å². The lowest BCUT2D eigenvalue weighted by Crippen LogP contribution is -2.29. The molecule has 1 aliphatic heterocycles. The van der Waals surface area contributed by atoms with Gasteiger partial charge in [0.2, 0.25) is 0 Å². The first-order valence-corrected chi connectivity index (χ1v) is 9.71. The highest BCUT2D eigenvalue weighted by Gasteiger charge is 2.23. The maximum Gasteiger partial charge on any atom is 0.262 e. The van der Waals surface area contributed by atoms with Gasteiger partial charge in [-0.15, -0.1) is 0 Å². The molecular weight excluding hydrogens is 364 g/mol. The standard InChI is InChI=1S/C19H20N4O3S/c1-12(21)15(9-20)17(24)11-27-19-22-16-7-3-2-6-14(16)18(25)23(19)10-13-5-4-8-26-13/h2-3,6-7,13,15,21H,4-5,8,10-11H2,1H3/t13-,15?/m1/s1. The van der Waals surface area contributed by atoms with E-state index in [1.54, 1.807) is 22.8 Å². The van der Waals surface area contributed by atoms with E-state index >= 15 is 0 Å². The molecular formula is C19H20N4O3S. The Hall–Kier alpha value is -2.50. The van der Waals surface area contributed by atoms with Crippen molar-refractivity contribution in [2.24, 2.45) is 5.92 Å². The minimum atomic E-state index is -1.06. The molecule has 27 heavy (non-hydrogen) atoms. The molecule has 1 aromatic carbocycles. The summed E-state index contributed by atoms with van der Waals surface area (Å²) in [7, 11) is 0. The molecule has 1 fully saturated rings. The van der Waals surface area contributed by atoms with E-state index in [0.717, 1.165) is 24.6 Å². The molecule has 7 nitrogen and oxygen atoms in total. The molecule has 140 valence electrons. The fraction of sp³-hybridized carbons (Fsp3) is 0.421. The number of ketones is 1. The van der Waals surface area contributed by atoms with Crippen LogP contribution in [0.3, 0.4) is 0 Å². The summed E-state index contributed by atoms with van der Waals surface area (Å²) >= 11 is 1.13. The Morgan fingerprint density at radius 1 is 1.52 bits per heavy atom. The first-order valence-electron chi connectivity index (χ1n) is 8.72. The van der Waals surface area contributed by atoms with E-state index in [4.69, 9.17) is 15.4 Å². The summed E-state index contributed by atoms with van der Waals surface area (Å²) in [5.74, 6) is -1.44. The molecule has 3 rings (SSSR count). The number of thioether (sulfide) groups is 1. The highest BCUT2D eigenvalue weighted by atomic mass is 32.2. The van der Waals surface area contributed by atoms with Gasteiger partial charge in [0.1, 0.15) is 5.92 Å². The summed E-state index contributed by atoms with van der Waals surface area (Å²) in [5, 5.41) is 17.6. The van der Waals surface area contributed by atoms with Crippen LogP contribution >= 0.6 is 11.8 Å². The third-order valence-corrected chi connectivity index (χ3v) is 5.46. The first kappa shape index (κ1) is 19.3. The van der Waals surface area contributed by atoms with Crippen molar-refractivity contribution in [3.05, 3.63) is 34.6 Å². The molecule has 2 aromatic rings. The van der Waals surface area contributed by atoms with Gasteiger partial charge in [0.15, 0.2) is 10.9 Å². The van der Waals surface area contributed by atoms with E-state index in [1.807, 2.05) is 12.1 Å². The summed E-state index contributed by atoms with van der Waals surface area (Å²) in [5.41, 5.74) is 0.429. The van der Waals surface area contributed by atoms with Gasteiger partial charge < -0.3 is 10.1 Å². The second kappa shape index (κ2) is 8.46. The van der Waals surface area contributed by atoms with Gasteiger partial charge in [0.25, 0.3) is 5.56 Å². The lowest BCUT2D eigenvalue weighted by Gasteiger charge is -2.16. The van der Waals surface area contributed by atoms with Crippen molar-refractivity contribution in [2.75, 3.05) is 12.4 Å². The number of ether oxygens (including phenoxy) is 1. The van der Waals surface area contributed by atoms with Gasteiger partial charge in [-0.05, 0) is 31.9 Å². The zero-order chi connectivity index (χ0) is 19.4. The molecule has 0 radical (unpaired) electrons. The Morgan fingerprint density at radius 2 is 2.30 bits per heavy atom. The van der Waals surface area contributed by atoms with Gasteiger partial charge in [0, 0.05) is 12.3 Å². The van der Waals surface area contributed by atoms with Crippen molar-refractivity contribution in [3.63, 3.8) is 0 Å². The number of para-hydroxylation sites is 1. The minimum Gasteiger partial charge on any atom is -0.376 e. The molecule has 1 N–H and O–H groups in total. The number of carbonyl (C=O) groups is 1. The predicted octanol–water partition coefficient (Wildman–Crippen LogP) is 2.42. The number of nitrogens with zero attached hydrogens (tertiary/aromatic N) is 3. The topological polar surface area (TPSA) is 109 Å². The van der Waals surface area contributed by atoms with Crippen LogP contribution in [0.25, 0.3) is 10.9 Å². The van der Waals surface area contributed by atoms with Crippen LogP contribution in [-0.4, -0.2) is 39.5 Å². The third kappa shape index (κ3) is 4.26. The zero-order valence-corrected chi connectivity index (χ0v) is 15.8. The van der Waals surface area contributed by atoms with Crippen LogP contribution in [0.2, 0.25) is 0 Å². The van der Waals surface area contributed by atoms with Crippen LogP contribution in [0.1, 0.15) is 19.8 Å². The molecule has 1 saturated heterocycles. The summed E-state index contributed by atoms with van der Waals surface area (Å²) in [4.78, 5) is 29.8. The maximum absolute atomic E-state index is 13.0. The number of nitrogens with one attached hydrogen (secondary N) is 1. The van der Waals surface area contributed by atoms with E-state index < -0.39 is 5.92 Å². The zero-order valence-electron chi connectivity index (χ0n) is 15.0. The number of hydrogen-bond acceptors (Lipinski definition) is 7. The molecule has 2 atom stereocenters. The number of carbonyl (C=O) groups excluding carboxylic acids is 1. The van der Waals surface area contributed by atoms with Crippen LogP contribution in [-0.2, 0) is 16.1 Å². The fourth-order valence-corrected chi connectivity index (χ4v) is 3.95. The van der Waals surface area contributed by atoms with Crippen molar-refractivity contribution < 1.29 is 9.53 Å².